The highest BCUT2D eigenvalue weighted by atomic mass is 15.0. The van der Waals surface area contributed by atoms with Crippen LogP contribution in [-0.2, 0) is 6.42 Å². The molecule has 274 valence electrons. The van der Waals surface area contributed by atoms with Crippen molar-refractivity contribution in [3.8, 4) is 11.4 Å². The number of hydrogen-bond donors (Lipinski definition) is 1. The van der Waals surface area contributed by atoms with E-state index in [2.05, 4.69) is 191 Å². The molecule has 0 unspecified atom stereocenters. The maximum absolute atomic E-state index is 6.93. The Morgan fingerprint density at radius 1 is 0.414 bits per heavy atom. The molecule has 0 aliphatic heterocycles. The van der Waals surface area contributed by atoms with Crippen LogP contribution in [0.1, 0.15) is 16.7 Å². The third-order valence-corrected chi connectivity index (χ3v) is 11.6. The minimum absolute atomic E-state index is 0.472. The Kier molecular flexibility index (Phi) is 8.00. The normalized spacial score (nSPS) is 12.5. The van der Waals surface area contributed by atoms with Gasteiger partial charge in [0, 0.05) is 49.3 Å². The average molecular weight is 743 g/mol. The van der Waals surface area contributed by atoms with Crippen molar-refractivity contribution in [2.75, 3.05) is 0 Å². The summed E-state index contributed by atoms with van der Waals surface area (Å²) in [7, 11) is 0. The first-order valence-electron chi connectivity index (χ1n) is 19.8. The topological polar surface area (TPSA) is 48.2 Å². The highest BCUT2D eigenvalue weighted by Gasteiger charge is 2.19. The lowest BCUT2D eigenvalue weighted by molar-refractivity contribution is 1.18. The lowest BCUT2D eigenvalue weighted by Gasteiger charge is -2.14. The van der Waals surface area contributed by atoms with Gasteiger partial charge in [0.15, 0.2) is 0 Å². The van der Waals surface area contributed by atoms with E-state index in [9.17, 15) is 0 Å². The fourth-order valence-electron chi connectivity index (χ4n) is 8.92. The molecule has 0 saturated heterocycles. The lowest BCUT2D eigenvalue weighted by Crippen LogP contribution is -2.14. The molecular formula is C54H38N4. The molecule has 9 aromatic carbocycles. The molecule has 0 amide bonds. The molecule has 0 saturated carbocycles. The van der Waals surface area contributed by atoms with Gasteiger partial charge >= 0.3 is 0 Å². The largest absolute Gasteiger partial charge is 0.383 e. The SMILES string of the molecule is NC(=N/C(=C\Cc1ccccc1)c1ccccc1)c1cccc(-n2c3ccccc3c3ccc4c5ccc6c7ccccc7n(-c7ccccc7)c6c5ccc4c32)c1. The molecule has 4 heteroatoms. The number of rotatable bonds is 7. The van der Waals surface area contributed by atoms with Crippen LogP contribution in [0.15, 0.2) is 211 Å². The second-order valence-corrected chi connectivity index (χ2v) is 14.9. The molecule has 0 aliphatic rings. The summed E-state index contributed by atoms with van der Waals surface area (Å²) in [4.78, 5) is 5.08. The third kappa shape index (κ3) is 5.49. The molecule has 0 atom stereocenters. The Labute approximate surface area is 336 Å². The van der Waals surface area contributed by atoms with Gasteiger partial charge in [0.05, 0.1) is 27.8 Å². The standard InChI is InChI=1S/C54H38N4/c55-54(56-49(37-17-6-2-7-18-37)34-27-36-15-4-1-5-16-36)38-19-14-22-40(35-38)58-51-26-13-11-24-44(51)48-31-29-42-41-28-30-47-43-23-10-12-25-50(43)57(39-20-8-3-9-21-39)52(47)45(41)32-33-46(42)53(48)58/h1-26,28-35H,27H2,(H2,55,56)/b49-34-. The van der Waals surface area contributed by atoms with E-state index < -0.39 is 0 Å². The van der Waals surface area contributed by atoms with E-state index in [1.54, 1.807) is 0 Å². The molecule has 0 radical (unpaired) electrons. The van der Waals surface area contributed by atoms with Crippen LogP contribution in [0.25, 0.3) is 82.2 Å². The fraction of sp³-hybridized carbons (Fsp3) is 0.0185. The molecule has 2 heterocycles. The lowest BCUT2D eigenvalue weighted by atomic mass is 9.97. The second-order valence-electron chi connectivity index (χ2n) is 14.9. The summed E-state index contributed by atoms with van der Waals surface area (Å²) in [5, 5.41) is 9.80. The molecule has 0 spiro atoms. The predicted octanol–water partition coefficient (Wildman–Crippen LogP) is 13.2. The average Bonchev–Trinajstić information content (AvgIpc) is 3.82. The number of amidine groups is 1. The number of nitrogens with zero attached hydrogens (tertiary/aromatic N) is 3. The van der Waals surface area contributed by atoms with Gasteiger partial charge in [-0.2, -0.15) is 0 Å². The number of nitrogens with two attached hydrogens (primary N) is 1. The number of para-hydroxylation sites is 3. The van der Waals surface area contributed by atoms with Gasteiger partial charge in [-0.05, 0) is 64.7 Å². The maximum Gasteiger partial charge on any atom is 0.131 e. The van der Waals surface area contributed by atoms with E-state index in [1.165, 1.54) is 65.2 Å². The Hall–Kier alpha value is -7.69. The Bertz CT molecular complexity index is 3410. The van der Waals surface area contributed by atoms with E-state index in [0.717, 1.165) is 40.1 Å². The minimum atomic E-state index is 0.472. The number of fused-ring (bicyclic) bond motifs is 11. The molecule has 0 aliphatic carbocycles. The zero-order chi connectivity index (χ0) is 38.6. The van der Waals surface area contributed by atoms with Crippen molar-refractivity contribution in [3.63, 3.8) is 0 Å². The first-order chi connectivity index (χ1) is 28.7. The van der Waals surface area contributed by atoms with Crippen LogP contribution in [0, 0.1) is 0 Å². The monoisotopic (exact) mass is 742 g/mol. The van der Waals surface area contributed by atoms with Crippen molar-refractivity contribution in [1.82, 2.24) is 9.13 Å². The third-order valence-electron chi connectivity index (χ3n) is 11.6. The summed E-state index contributed by atoms with van der Waals surface area (Å²) in [6, 6.07) is 71.2. The first kappa shape index (κ1) is 33.6. The van der Waals surface area contributed by atoms with Crippen molar-refractivity contribution in [3.05, 3.63) is 223 Å². The van der Waals surface area contributed by atoms with Crippen LogP contribution < -0.4 is 5.73 Å². The zero-order valence-corrected chi connectivity index (χ0v) is 31.8. The summed E-state index contributed by atoms with van der Waals surface area (Å²) in [6.45, 7) is 0. The van der Waals surface area contributed by atoms with Crippen molar-refractivity contribution >= 4 is 76.7 Å². The van der Waals surface area contributed by atoms with Gasteiger partial charge in [0.25, 0.3) is 0 Å². The molecule has 11 aromatic rings. The van der Waals surface area contributed by atoms with E-state index in [0.29, 0.717) is 5.84 Å². The van der Waals surface area contributed by atoms with E-state index in [4.69, 9.17) is 10.7 Å². The van der Waals surface area contributed by atoms with E-state index in [-0.39, 0.29) is 0 Å². The van der Waals surface area contributed by atoms with Gasteiger partial charge in [-0.1, -0.05) is 170 Å². The summed E-state index contributed by atoms with van der Waals surface area (Å²) >= 11 is 0. The molecular weight excluding hydrogens is 705 g/mol. The highest BCUT2D eigenvalue weighted by Crippen LogP contribution is 2.42. The quantitative estimate of drug-likeness (QED) is 0.0986. The second kappa shape index (κ2) is 13.8. The molecule has 4 nitrogen and oxygen atoms in total. The van der Waals surface area contributed by atoms with E-state index in [1.807, 2.05) is 24.3 Å². The maximum atomic E-state index is 6.93. The number of aromatic nitrogens is 2. The van der Waals surface area contributed by atoms with Gasteiger partial charge < -0.3 is 14.9 Å². The summed E-state index contributed by atoms with van der Waals surface area (Å²) < 4.78 is 4.82. The smallest absolute Gasteiger partial charge is 0.131 e. The summed E-state index contributed by atoms with van der Waals surface area (Å²) in [6.07, 6.45) is 2.92. The van der Waals surface area contributed by atoms with Crippen LogP contribution >= 0.6 is 0 Å². The molecule has 11 rings (SSSR count). The Balaban J connectivity index is 1.11. The Morgan fingerprint density at radius 3 is 1.47 bits per heavy atom. The van der Waals surface area contributed by atoms with Gasteiger partial charge in [-0.3, -0.25) is 0 Å². The van der Waals surface area contributed by atoms with Crippen molar-refractivity contribution in [2.24, 2.45) is 10.7 Å². The van der Waals surface area contributed by atoms with Gasteiger partial charge in [-0.25, -0.2) is 4.99 Å². The van der Waals surface area contributed by atoms with Crippen LogP contribution in [0.4, 0.5) is 0 Å². The van der Waals surface area contributed by atoms with Gasteiger partial charge in [0.2, 0.25) is 0 Å². The predicted molar refractivity (Wildman–Crippen MR) is 245 cm³/mol. The highest BCUT2D eigenvalue weighted by molar-refractivity contribution is 6.27. The van der Waals surface area contributed by atoms with Gasteiger partial charge in [0.1, 0.15) is 5.84 Å². The van der Waals surface area contributed by atoms with Crippen LogP contribution in [-0.4, -0.2) is 15.0 Å². The number of aliphatic imine (C=N–C) groups is 1. The van der Waals surface area contributed by atoms with Crippen LogP contribution in [0.5, 0.6) is 0 Å². The molecule has 2 aromatic heterocycles. The number of allylic oxidation sites excluding steroid dienone is 1. The van der Waals surface area contributed by atoms with Crippen molar-refractivity contribution < 1.29 is 0 Å². The zero-order valence-electron chi connectivity index (χ0n) is 31.8. The summed E-state index contributed by atoms with van der Waals surface area (Å²) in [5.74, 6) is 0.472. The number of hydrogen-bond acceptors (Lipinski definition) is 1. The summed E-state index contributed by atoms with van der Waals surface area (Å²) in [5.41, 5.74) is 17.8. The van der Waals surface area contributed by atoms with Crippen molar-refractivity contribution in [1.29, 1.82) is 0 Å². The molecule has 0 fully saturated rings. The molecule has 0 bridgehead atoms. The van der Waals surface area contributed by atoms with Gasteiger partial charge in [-0.15, -0.1) is 0 Å². The fourth-order valence-corrected chi connectivity index (χ4v) is 8.92. The minimum Gasteiger partial charge on any atom is -0.383 e. The van der Waals surface area contributed by atoms with Crippen LogP contribution in [0.2, 0.25) is 0 Å². The Morgan fingerprint density at radius 2 is 0.862 bits per heavy atom. The van der Waals surface area contributed by atoms with Crippen LogP contribution in [0.3, 0.4) is 0 Å². The molecule has 58 heavy (non-hydrogen) atoms. The molecule has 2 N–H and O–H groups in total. The van der Waals surface area contributed by atoms with Crippen molar-refractivity contribution in [2.45, 2.75) is 6.42 Å². The van der Waals surface area contributed by atoms with E-state index >= 15 is 0 Å². The first-order valence-corrected chi connectivity index (χ1v) is 19.8. The number of benzene rings is 9.